The van der Waals surface area contributed by atoms with Crippen LogP contribution in [0.4, 0.5) is 5.69 Å². The number of hydrogen-bond donors (Lipinski definition) is 1. The second-order valence-electron chi connectivity index (χ2n) is 10.2. The van der Waals surface area contributed by atoms with E-state index in [0.717, 1.165) is 30.4 Å². The maximum atomic E-state index is 14.0. The largest absolute Gasteiger partial charge is 0.494 e. The summed E-state index contributed by atoms with van der Waals surface area (Å²) >= 11 is 0. The van der Waals surface area contributed by atoms with Crippen molar-refractivity contribution in [2.24, 2.45) is 11.8 Å². The highest BCUT2D eigenvalue weighted by Crippen LogP contribution is 2.64. The van der Waals surface area contributed by atoms with E-state index in [9.17, 15) is 19.5 Å². The van der Waals surface area contributed by atoms with Crippen molar-refractivity contribution < 1.29 is 24.2 Å². The predicted molar refractivity (Wildman–Crippen MR) is 139 cm³/mol. The van der Waals surface area contributed by atoms with E-state index in [1.165, 1.54) is 11.3 Å². The fourth-order valence-electron chi connectivity index (χ4n) is 6.80. The first-order valence-corrected chi connectivity index (χ1v) is 13.0. The molecule has 3 aromatic rings. The Labute approximate surface area is 215 Å². The first-order chi connectivity index (χ1) is 18.0. The summed E-state index contributed by atoms with van der Waals surface area (Å²) < 4.78 is 5.83. The molecule has 188 valence electrons. The number of nitrogens with zero attached hydrogens (tertiary/aromatic N) is 1. The molecule has 2 bridgehead atoms. The molecular weight excluding hydrogens is 466 g/mol. The molecule has 1 N–H and O–H groups in total. The van der Waals surface area contributed by atoms with E-state index in [4.69, 9.17) is 4.74 Å². The lowest BCUT2D eigenvalue weighted by molar-refractivity contribution is -0.149. The van der Waals surface area contributed by atoms with Crippen molar-refractivity contribution >= 4 is 23.5 Å². The Morgan fingerprint density at radius 2 is 1.49 bits per heavy atom. The Balaban J connectivity index is 1.39. The number of aliphatic carboxylic acids is 1. The zero-order valence-corrected chi connectivity index (χ0v) is 20.7. The van der Waals surface area contributed by atoms with Gasteiger partial charge in [-0.2, -0.15) is 0 Å². The molecule has 6 nitrogen and oxygen atoms in total. The van der Waals surface area contributed by atoms with E-state index in [0.29, 0.717) is 29.2 Å². The van der Waals surface area contributed by atoms with E-state index in [-0.39, 0.29) is 11.8 Å². The fraction of sp³-hybridized carbons (Fsp3) is 0.323. The monoisotopic (exact) mass is 495 g/mol. The van der Waals surface area contributed by atoms with Crippen LogP contribution in [0.3, 0.4) is 0 Å². The smallest absolute Gasteiger partial charge is 0.319 e. The van der Waals surface area contributed by atoms with Crippen LogP contribution >= 0.6 is 0 Å². The number of carboxylic acid groups (broad SMARTS) is 1. The van der Waals surface area contributed by atoms with Gasteiger partial charge in [0.15, 0.2) is 0 Å². The maximum Gasteiger partial charge on any atom is 0.319 e. The number of carboxylic acids is 1. The number of rotatable bonds is 8. The van der Waals surface area contributed by atoms with Crippen LogP contribution in [0.1, 0.15) is 60.8 Å². The number of anilines is 1. The Kier molecular flexibility index (Phi) is 5.63. The van der Waals surface area contributed by atoms with Gasteiger partial charge in [0.25, 0.3) is 0 Å². The van der Waals surface area contributed by atoms with E-state index in [1.807, 2.05) is 36.4 Å². The molecule has 2 atom stereocenters. The summed E-state index contributed by atoms with van der Waals surface area (Å²) in [6, 6.07) is 21.7. The van der Waals surface area contributed by atoms with E-state index in [1.54, 1.807) is 36.4 Å². The third kappa shape index (κ3) is 3.21. The topological polar surface area (TPSA) is 83.9 Å². The van der Waals surface area contributed by atoms with Gasteiger partial charge in [-0.1, -0.05) is 74.7 Å². The molecule has 0 saturated carbocycles. The van der Waals surface area contributed by atoms with E-state index >= 15 is 0 Å². The van der Waals surface area contributed by atoms with Crippen molar-refractivity contribution in [1.82, 2.24) is 0 Å². The molecule has 2 amide bonds. The van der Waals surface area contributed by atoms with Crippen LogP contribution in [0, 0.1) is 11.8 Å². The van der Waals surface area contributed by atoms with Gasteiger partial charge < -0.3 is 9.84 Å². The summed E-state index contributed by atoms with van der Waals surface area (Å²) in [7, 11) is 0. The Hall–Kier alpha value is -3.93. The van der Waals surface area contributed by atoms with E-state index in [2.05, 4.69) is 6.92 Å². The lowest BCUT2D eigenvalue weighted by atomic mass is 9.47. The zero-order valence-electron chi connectivity index (χ0n) is 20.7. The first-order valence-electron chi connectivity index (χ1n) is 13.0. The number of ether oxygens (including phenoxy) is 1. The summed E-state index contributed by atoms with van der Waals surface area (Å²) in [6.07, 6.45) is 4.43. The van der Waals surface area contributed by atoms with Crippen LogP contribution in [0.25, 0.3) is 0 Å². The summed E-state index contributed by atoms with van der Waals surface area (Å²) in [6.45, 7) is 2.78. The van der Waals surface area contributed by atoms with Crippen molar-refractivity contribution in [3.63, 3.8) is 0 Å². The zero-order chi connectivity index (χ0) is 25.7. The number of imide groups is 1. The molecular formula is C31H29NO5. The fourth-order valence-corrected chi connectivity index (χ4v) is 6.80. The van der Waals surface area contributed by atoms with Gasteiger partial charge in [-0.05, 0) is 52.9 Å². The average Bonchev–Trinajstić information content (AvgIpc) is 3.19. The molecule has 0 spiro atoms. The summed E-state index contributed by atoms with van der Waals surface area (Å²) in [5.41, 5.74) is 1.69. The number of amides is 2. The molecule has 1 fully saturated rings. The van der Waals surface area contributed by atoms with Gasteiger partial charge in [-0.15, -0.1) is 0 Å². The summed E-state index contributed by atoms with van der Waals surface area (Å²) in [4.78, 5) is 42.4. The minimum Gasteiger partial charge on any atom is -0.494 e. The van der Waals surface area contributed by atoms with Crippen molar-refractivity contribution in [2.75, 3.05) is 11.5 Å². The van der Waals surface area contributed by atoms with Crippen LogP contribution in [0.5, 0.6) is 5.75 Å². The molecule has 3 aromatic carbocycles. The number of unbranched alkanes of at least 4 members (excludes halogenated alkanes) is 3. The molecule has 0 unspecified atom stereocenters. The standard InChI is InChI=1S/C31H29NO5/c1-2-3-4-9-18-37-20-16-14-19(15-17-20)32-28(33)26-25-21-10-5-7-12-23(21)31(30(35)36,27(26)29(32)34)24-13-8-6-11-22(24)25/h5-8,10-17,25-27H,2-4,9,18H2,1H3,(H,35,36)/t25?,26-,27-,31?/m0/s1. The first kappa shape index (κ1) is 23.5. The van der Waals surface area contributed by atoms with Crippen LogP contribution in [-0.2, 0) is 19.8 Å². The SMILES string of the molecule is CCCCCCOc1ccc(N2C(=O)[C@@H]3[C@@H](C2=O)C2c4ccccc4C3(C(=O)O)c3ccccc32)cc1. The minimum atomic E-state index is -1.62. The number of carbonyl (C=O) groups is 3. The molecule has 0 aromatic heterocycles. The van der Waals surface area contributed by atoms with Crippen molar-refractivity contribution in [2.45, 2.75) is 43.9 Å². The van der Waals surface area contributed by atoms with Gasteiger partial charge in [0.2, 0.25) is 11.8 Å². The van der Waals surface area contributed by atoms with Gasteiger partial charge in [0, 0.05) is 5.92 Å². The van der Waals surface area contributed by atoms with Gasteiger partial charge in [0.05, 0.1) is 24.1 Å². The highest BCUT2D eigenvalue weighted by atomic mass is 16.5. The summed E-state index contributed by atoms with van der Waals surface area (Å²) in [5.74, 6) is -3.38. The number of hydrogen-bond acceptors (Lipinski definition) is 4. The minimum absolute atomic E-state index is 0.345. The molecule has 4 aliphatic rings. The van der Waals surface area contributed by atoms with Crippen LogP contribution < -0.4 is 9.64 Å². The third-order valence-corrected chi connectivity index (χ3v) is 8.32. The van der Waals surface area contributed by atoms with Gasteiger partial charge >= 0.3 is 5.97 Å². The molecule has 7 rings (SSSR count). The number of benzene rings is 3. The highest BCUT2D eigenvalue weighted by molar-refractivity contribution is 6.25. The van der Waals surface area contributed by atoms with E-state index < -0.39 is 29.1 Å². The molecule has 3 aliphatic carbocycles. The average molecular weight is 496 g/mol. The maximum absolute atomic E-state index is 14.0. The summed E-state index contributed by atoms with van der Waals surface area (Å²) in [5, 5.41) is 10.8. The second-order valence-corrected chi connectivity index (χ2v) is 10.2. The lowest BCUT2D eigenvalue weighted by Crippen LogP contribution is -2.57. The normalized spacial score (nSPS) is 25.0. The highest BCUT2D eigenvalue weighted by Gasteiger charge is 2.71. The molecule has 0 radical (unpaired) electrons. The Morgan fingerprint density at radius 3 is 2.08 bits per heavy atom. The number of carbonyl (C=O) groups excluding carboxylic acids is 2. The van der Waals surface area contributed by atoms with Crippen LogP contribution in [-0.4, -0.2) is 29.5 Å². The van der Waals surface area contributed by atoms with Crippen LogP contribution in [0.15, 0.2) is 72.8 Å². The van der Waals surface area contributed by atoms with Crippen LogP contribution in [0.2, 0.25) is 0 Å². The van der Waals surface area contributed by atoms with Gasteiger partial charge in [-0.25, -0.2) is 4.90 Å². The molecule has 1 heterocycles. The van der Waals surface area contributed by atoms with Crippen molar-refractivity contribution in [1.29, 1.82) is 0 Å². The predicted octanol–water partition coefficient (Wildman–Crippen LogP) is 5.28. The third-order valence-electron chi connectivity index (χ3n) is 8.32. The van der Waals surface area contributed by atoms with Crippen molar-refractivity contribution in [3.05, 3.63) is 95.1 Å². The molecule has 1 aliphatic heterocycles. The van der Waals surface area contributed by atoms with Crippen molar-refractivity contribution in [3.8, 4) is 5.75 Å². The quantitative estimate of drug-likeness (QED) is 0.340. The Bertz CT molecular complexity index is 1350. The van der Waals surface area contributed by atoms with Gasteiger partial charge in [-0.3, -0.25) is 14.4 Å². The second kappa shape index (κ2) is 8.87. The molecule has 6 heteroatoms. The molecule has 1 saturated heterocycles. The molecule has 37 heavy (non-hydrogen) atoms. The lowest BCUT2D eigenvalue weighted by Gasteiger charge is -2.51. The van der Waals surface area contributed by atoms with Gasteiger partial charge in [0.1, 0.15) is 11.2 Å². The Morgan fingerprint density at radius 1 is 0.865 bits per heavy atom.